The summed E-state index contributed by atoms with van der Waals surface area (Å²) < 4.78 is 7.23. The van der Waals surface area contributed by atoms with Crippen molar-refractivity contribution in [1.82, 2.24) is 20.0 Å². The van der Waals surface area contributed by atoms with E-state index in [1.807, 2.05) is 19.1 Å². The monoisotopic (exact) mass is 283 g/mol. The first kappa shape index (κ1) is 13.5. The lowest BCUT2D eigenvalue weighted by Gasteiger charge is -2.19. The third-order valence-electron chi connectivity index (χ3n) is 3.53. The molecule has 2 heterocycles. The Morgan fingerprint density at radius 2 is 2.14 bits per heavy atom. The Morgan fingerprint density at radius 3 is 2.90 bits per heavy atom. The Balaban J connectivity index is 2.16. The topological polar surface area (TPSA) is 77.5 Å². The first-order chi connectivity index (χ1) is 10.2. The molecule has 21 heavy (non-hydrogen) atoms. The molecule has 0 aliphatic heterocycles. The van der Waals surface area contributed by atoms with Crippen LogP contribution in [0, 0.1) is 6.92 Å². The molecule has 3 rings (SSSR count). The fourth-order valence-corrected chi connectivity index (χ4v) is 2.50. The maximum Gasteiger partial charge on any atom is 0.124 e. The maximum atomic E-state index is 5.80. The summed E-state index contributed by atoms with van der Waals surface area (Å²) in [6, 6.07) is 5.79. The van der Waals surface area contributed by atoms with Crippen molar-refractivity contribution in [2.24, 2.45) is 5.84 Å². The fraction of sp³-hybridized carbons (Fsp3) is 0.200. The standard InChI is InChI=1S/C15H17N5O/c1-10-3-4-14(21-2)11(7-10)15(19-16)12-8-18-20-6-5-17-9-13(12)20/h3-9,15,19H,16H2,1-2H3. The van der Waals surface area contributed by atoms with Gasteiger partial charge in [0.1, 0.15) is 5.75 Å². The van der Waals surface area contributed by atoms with Gasteiger partial charge in [0.2, 0.25) is 0 Å². The summed E-state index contributed by atoms with van der Waals surface area (Å²) in [5, 5.41) is 4.33. The number of benzene rings is 1. The largest absolute Gasteiger partial charge is 0.496 e. The van der Waals surface area contributed by atoms with E-state index >= 15 is 0 Å². The first-order valence-electron chi connectivity index (χ1n) is 6.62. The molecule has 0 spiro atoms. The average Bonchev–Trinajstić information content (AvgIpc) is 2.93. The minimum Gasteiger partial charge on any atom is -0.496 e. The number of ether oxygens (including phenoxy) is 1. The molecule has 0 bridgehead atoms. The van der Waals surface area contributed by atoms with E-state index in [1.165, 1.54) is 0 Å². The van der Waals surface area contributed by atoms with E-state index in [1.54, 1.807) is 36.4 Å². The molecule has 1 atom stereocenters. The number of aryl methyl sites for hydroxylation is 1. The molecule has 3 N–H and O–H groups in total. The minimum absolute atomic E-state index is 0.221. The van der Waals surface area contributed by atoms with Crippen LogP contribution in [-0.4, -0.2) is 21.7 Å². The Morgan fingerprint density at radius 1 is 1.29 bits per heavy atom. The molecule has 0 fully saturated rings. The van der Waals surface area contributed by atoms with Gasteiger partial charge in [-0.3, -0.25) is 10.8 Å². The van der Waals surface area contributed by atoms with Crippen LogP contribution in [0.25, 0.3) is 5.52 Å². The van der Waals surface area contributed by atoms with E-state index in [4.69, 9.17) is 10.6 Å². The summed E-state index contributed by atoms with van der Waals surface area (Å²) in [5.74, 6) is 6.58. The molecule has 0 saturated heterocycles. The van der Waals surface area contributed by atoms with Crippen LogP contribution in [0.1, 0.15) is 22.7 Å². The number of methoxy groups -OCH3 is 1. The summed E-state index contributed by atoms with van der Waals surface area (Å²) in [6.45, 7) is 2.04. The van der Waals surface area contributed by atoms with Gasteiger partial charge in [0.25, 0.3) is 0 Å². The predicted molar refractivity (Wildman–Crippen MR) is 79.9 cm³/mol. The number of hydrogen-bond donors (Lipinski definition) is 2. The Bertz CT molecular complexity index is 768. The van der Waals surface area contributed by atoms with Gasteiger partial charge < -0.3 is 4.74 Å². The van der Waals surface area contributed by atoms with Crippen LogP contribution in [0.3, 0.4) is 0 Å². The lowest BCUT2D eigenvalue weighted by Crippen LogP contribution is -2.29. The molecular weight excluding hydrogens is 266 g/mol. The van der Waals surface area contributed by atoms with Crippen molar-refractivity contribution in [1.29, 1.82) is 0 Å². The number of rotatable bonds is 4. The number of nitrogens with zero attached hydrogens (tertiary/aromatic N) is 3. The Labute approximate surface area is 122 Å². The number of nitrogens with two attached hydrogens (primary N) is 1. The second-order valence-corrected chi connectivity index (χ2v) is 4.85. The van der Waals surface area contributed by atoms with Crippen molar-refractivity contribution < 1.29 is 4.74 Å². The molecule has 2 aromatic heterocycles. The summed E-state index contributed by atoms with van der Waals surface area (Å²) in [7, 11) is 1.65. The smallest absolute Gasteiger partial charge is 0.124 e. The molecular formula is C15H17N5O. The molecule has 0 aliphatic carbocycles. The van der Waals surface area contributed by atoms with Gasteiger partial charge in [-0.1, -0.05) is 17.7 Å². The lowest BCUT2D eigenvalue weighted by atomic mass is 9.98. The van der Waals surface area contributed by atoms with Crippen LogP contribution in [-0.2, 0) is 0 Å². The first-order valence-corrected chi connectivity index (χ1v) is 6.62. The Hall–Kier alpha value is -2.44. The molecule has 0 radical (unpaired) electrons. The van der Waals surface area contributed by atoms with Gasteiger partial charge in [-0.15, -0.1) is 0 Å². The third kappa shape index (κ3) is 2.35. The zero-order valence-corrected chi connectivity index (χ0v) is 11.9. The molecule has 0 amide bonds. The number of hydrazine groups is 1. The molecule has 1 aromatic carbocycles. The van der Waals surface area contributed by atoms with Crippen molar-refractivity contribution in [2.75, 3.05) is 7.11 Å². The van der Waals surface area contributed by atoms with Gasteiger partial charge in [-0.2, -0.15) is 5.10 Å². The van der Waals surface area contributed by atoms with E-state index < -0.39 is 0 Å². The second kappa shape index (κ2) is 5.51. The second-order valence-electron chi connectivity index (χ2n) is 4.85. The highest BCUT2D eigenvalue weighted by atomic mass is 16.5. The van der Waals surface area contributed by atoms with Gasteiger partial charge in [0.05, 0.1) is 31.1 Å². The molecule has 6 heteroatoms. The van der Waals surface area contributed by atoms with E-state index in [9.17, 15) is 0 Å². The van der Waals surface area contributed by atoms with Crippen molar-refractivity contribution >= 4 is 5.52 Å². The summed E-state index contributed by atoms with van der Waals surface area (Å²) in [5.41, 5.74) is 6.82. The lowest BCUT2D eigenvalue weighted by molar-refractivity contribution is 0.404. The molecule has 0 aliphatic rings. The zero-order chi connectivity index (χ0) is 14.8. The van der Waals surface area contributed by atoms with Crippen molar-refractivity contribution in [2.45, 2.75) is 13.0 Å². The number of fused-ring (bicyclic) bond motifs is 1. The van der Waals surface area contributed by atoms with Crippen LogP contribution < -0.4 is 16.0 Å². The van der Waals surface area contributed by atoms with Gasteiger partial charge in [-0.05, 0) is 13.0 Å². The zero-order valence-electron chi connectivity index (χ0n) is 11.9. The normalized spacial score (nSPS) is 12.5. The molecule has 108 valence electrons. The highest BCUT2D eigenvalue weighted by Crippen LogP contribution is 2.32. The fourth-order valence-electron chi connectivity index (χ4n) is 2.50. The third-order valence-corrected chi connectivity index (χ3v) is 3.53. The van der Waals surface area contributed by atoms with Crippen LogP contribution in [0.2, 0.25) is 0 Å². The van der Waals surface area contributed by atoms with E-state index in [0.717, 1.165) is 28.0 Å². The molecule has 0 saturated carbocycles. The SMILES string of the molecule is COc1ccc(C)cc1C(NN)c1cnn2ccncc12. The summed E-state index contributed by atoms with van der Waals surface area (Å²) in [6.07, 6.45) is 7.07. The number of hydrogen-bond acceptors (Lipinski definition) is 5. The van der Waals surface area contributed by atoms with Gasteiger partial charge in [0.15, 0.2) is 0 Å². The van der Waals surface area contributed by atoms with Gasteiger partial charge in [0, 0.05) is 23.5 Å². The Kier molecular flexibility index (Phi) is 3.55. The molecule has 6 nitrogen and oxygen atoms in total. The van der Waals surface area contributed by atoms with Gasteiger partial charge >= 0.3 is 0 Å². The molecule has 3 aromatic rings. The summed E-state index contributed by atoms with van der Waals surface area (Å²) >= 11 is 0. The maximum absolute atomic E-state index is 5.80. The van der Waals surface area contributed by atoms with Crippen molar-refractivity contribution in [3.63, 3.8) is 0 Å². The van der Waals surface area contributed by atoms with Crippen LogP contribution >= 0.6 is 0 Å². The highest BCUT2D eigenvalue weighted by Gasteiger charge is 2.21. The van der Waals surface area contributed by atoms with Gasteiger partial charge in [-0.25, -0.2) is 9.94 Å². The predicted octanol–water partition coefficient (Wildman–Crippen LogP) is 1.60. The minimum atomic E-state index is -0.221. The highest BCUT2D eigenvalue weighted by molar-refractivity contribution is 5.57. The number of aromatic nitrogens is 3. The molecule has 1 unspecified atom stereocenters. The average molecular weight is 283 g/mol. The quantitative estimate of drug-likeness (QED) is 0.562. The summed E-state index contributed by atoms with van der Waals surface area (Å²) in [4.78, 5) is 4.16. The van der Waals surface area contributed by atoms with E-state index in [0.29, 0.717) is 0 Å². The van der Waals surface area contributed by atoms with E-state index in [2.05, 4.69) is 21.6 Å². The number of nitrogens with one attached hydrogen (secondary N) is 1. The van der Waals surface area contributed by atoms with E-state index in [-0.39, 0.29) is 6.04 Å². The van der Waals surface area contributed by atoms with Crippen LogP contribution in [0.15, 0.2) is 43.0 Å². The van der Waals surface area contributed by atoms with Crippen LogP contribution in [0.4, 0.5) is 0 Å². The van der Waals surface area contributed by atoms with Crippen LogP contribution in [0.5, 0.6) is 5.75 Å². The van der Waals surface area contributed by atoms with Crippen molar-refractivity contribution in [3.8, 4) is 5.75 Å². The van der Waals surface area contributed by atoms with Crippen molar-refractivity contribution in [3.05, 3.63) is 59.7 Å².